The number of H-pyrrole nitrogens is 1. The van der Waals surface area contributed by atoms with Crippen LogP contribution in [0.15, 0.2) is 124 Å². The fourth-order valence-corrected chi connectivity index (χ4v) is 5.85. The summed E-state index contributed by atoms with van der Waals surface area (Å²) < 4.78 is 11.3. The molecule has 284 valence electrons. The van der Waals surface area contributed by atoms with E-state index in [4.69, 9.17) is 24.5 Å². The molecule has 0 saturated heterocycles. The van der Waals surface area contributed by atoms with E-state index < -0.39 is 0 Å². The maximum atomic E-state index is 13.0. The molecule has 0 radical (unpaired) electrons. The van der Waals surface area contributed by atoms with Gasteiger partial charge in [0, 0.05) is 59.6 Å². The van der Waals surface area contributed by atoms with Crippen molar-refractivity contribution in [2.24, 2.45) is 20.9 Å². The summed E-state index contributed by atoms with van der Waals surface area (Å²) in [5.41, 5.74) is 4.74. The van der Waals surface area contributed by atoms with Gasteiger partial charge in [-0.15, -0.1) is 0 Å². The number of hydrogen-bond acceptors (Lipinski definition) is 9. The molecule has 1 aromatic heterocycles. The maximum Gasteiger partial charge on any atom is 0.251 e. The van der Waals surface area contributed by atoms with Crippen LogP contribution in [-0.2, 0) is 16.0 Å². The molecule has 1 unspecified atom stereocenters. The summed E-state index contributed by atoms with van der Waals surface area (Å²) in [7, 11) is 0. The summed E-state index contributed by atoms with van der Waals surface area (Å²) in [6.45, 7) is 4.90. The molecule has 13 nitrogen and oxygen atoms in total. The highest BCUT2D eigenvalue weighted by Gasteiger charge is 2.22. The predicted octanol–water partition coefficient (Wildman–Crippen LogP) is 6.37. The number of fused-ring (bicyclic) bond motifs is 1. The first-order valence-electron chi connectivity index (χ1n) is 18.4. The van der Waals surface area contributed by atoms with Crippen molar-refractivity contribution in [2.45, 2.75) is 26.3 Å². The molecule has 2 heterocycles. The van der Waals surface area contributed by atoms with Crippen LogP contribution in [-0.4, -0.2) is 79.1 Å². The van der Waals surface area contributed by atoms with Crippen LogP contribution in [0.25, 0.3) is 10.9 Å². The number of nitrogens with one attached hydrogen (secondary N) is 5. The van der Waals surface area contributed by atoms with Gasteiger partial charge in [-0.25, -0.2) is 0 Å². The van der Waals surface area contributed by atoms with Gasteiger partial charge in [0.05, 0.1) is 33.0 Å². The smallest absolute Gasteiger partial charge is 0.251 e. The SMILES string of the molecule is CCC1CC(=NCCOCCOCCNC(=O)c2ccccc2)N=C(Nc2ccc(O)cc2)N=C1Nc1ccc(C(=O)NCc2ccc3[nH]ccc3c2)cc1. The second-order valence-corrected chi connectivity index (χ2v) is 12.8. The van der Waals surface area contributed by atoms with Gasteiger partial charge < -0.3 is 40.8 Å². The molecule has 4 aromatic carbocycles. The summed E-state index contributed by atoms with van der Waals surface area (Å²) >= 11 is 0. The maximum absolute atomic E-state index is 13.0. The van der Waals surface area contributed by atoms with Crippen LogP contribution in [0.1, 0.15) is 46.0 Å². The van der Waals surface area contributed by atoms with E-state index in [1.54, 1.807) is 48.5 Å². The van der Waals surface area contributed by atoms with E-state index in [0.717, 1.165) is 28.6 Å². The lowest BCUT2D eigenvalue weighted by Gasteiger charge is -2.18. The van der Waals surface area contributed by atoms with E-state index in [-0.39, 0.29) is 23.5 Å². The number of amidine groups is 2. The quantitative estimate of drug-likeness (QED) is 0.0503. The van der Waals surface area contributed by atoms with E-state index in [1.807, 2.05) is 54.7 Å². The Bertz CT molecular complexity index is 2110. The zero-order valence-electron chi connectivity index (χ0n) is 30.8. The molecular weight excluding hydrogens is 697 g/mol. The molecule has 0 fully saturated rings. The third-order valence-corrected chi connectivity index (χ3v) is 8.85. The van der Waals surface area contributed by atoms with Gasteiger partial charge >= 0.3 is 0 Å². The minimum Gasteiger partial charge on any atom is -0.508 e. The number of phenolic OH excluding ortho intramolecular Hbond substituents is 1. The number of anilines is 2. The Morgan fingerprint density at radius 1 is 0.800 bits per heavy atom. The van der Waals surface area contributed by atoms with Gasteiger partial charge in [0.15, 0.2) is 0 Å². The van der Waals surface area contributed by atoms with Gasteiger partial charge in [-0.1, -0.05) is 31.2 Å². The largest absolute Gasteiger partial charge is 0.508 e. The second-order valence-electron chi connectivity index (χ2n) is 12.8. The fraction of sp³-hybridized carbons (Fsp3) is 0.262. The van der Waals surface area contributed by atoms with Crippen LogP contribution in [0.5, 0.6) is 5.75 Å². The molecule has 0 saturated carbocycles. The van der Waals surface area contributed by atoms with Crippen molar-refractivity contribution >= 4 is 51.7 Å². The van der Waals surface area contributed by atoms with Crippen molar-refractivity contribution in [3.05, 3.63) is 126 Å². The topological polar surface area (TPSA) is 174 Å². The number of nitrogens with zero attached hydrogens (tertiary/aromatic N) is 3. The van der Waals surface area contributed by atoms with Crippen molar-refractivity contribution in [3.8, 4) is 5.75 Å². The first-order valence-corrected chi connectivity index (χ1v) is 18.4. The fourth-order valence-electron chi connectivity index (χ4n) is 5.85. The zero-order chi connectivity index (χ0) is 38.2. The highest BCUT2D eigenvalue weighted by Crippen LogP contribution is 2.21. The molecule has 1 aliphatic heterocycles. The minimum absolute atomic E-state index is 0.0151. The average Bonchev–Trinajstić information content (AvgIpc) is 3.62. The number of aromatic nitrogens is 1. The van der Waals surface area contributed by atoms with Gasteiger partial charge in [0.25, 0.3) is 11.8 Å². The van der Waals surface area contributed by atoms with Crippen LogP contribution < -0.4 is 21.3 Å². The molecule has 6 N–H and O–H groups in total. The summed E-state index contributed by atoms with van der Waals surface area (Å²) in [4.78, 5) is 42.7. The van der Waals surface area contributed by atoms with Gasteiger partial charge in [-0.05, 0) is 96.2 Å². The Morgan fingerprint density at radius 2 is 1.51 bits per heavy atom. The first kappa shape index (κ1) is 38.4. The van der Waals surface area contributed by atoms with Crippen LogP contribution in [0.2, 0.25) is 0 Å². The van der Waals surface area contributed by atoms with Crippen LogP contribution >= 0.6 is 0 Å². The summed E-state index contributed by atoms with van der Waals surface area (Å²) in [6, 6.07) is 31.1. The number of hydrogen-bond donors (Lipinski definition) is 6. The van der Waals surface area contributed by atoms with E-state index in [9.17, 15) is 14.7 Å². The summed E-state index contributed by atoms with van der Waals surface area (Å²) in [5.74, 6) is 1.55. The number of phenols is 1. The number of ether oxygens (including phenoxy) is 2. The first-order chi connectivity index (χ1) is 26.9. The highest BCUT2D eigenvalue weighted by molar-refractivity contribution is 6.14. The lowest BCUT2D eigenvalue weighted by molar-refractivity contribution is 0.0512. The normalized spacial score (nSPS) is 14.9. The second kappa shape index (κ2) is 19.7. The number of rotatable bonds is 16. The number of carbonyl (C=O) groups is 2. The molecular formula is C42H46N8O5. The summed E-state index contributed by atoms with van der Waals surface area (Å²) in [6.07, 6.45) is 3.23. The van der Waals surface area contributed by atoms with Crippen molar-refractivity contribution in [1.82, 2.24) is 15.6 Å². The summed E-state index contributed by atoms with van der Waals surface area (Å²) in [5, 5.41) is 23.4. The highest BCUT2D eigenvalue weighted by atomic mass is 16.5. The van der Waals surface area contributed by atoms with Gasteiger partial charge in [0.2, 0.25) is 5.96 Å². The number of aromatic hydroxyl groups is 1. The average molecular weight is 743 g/mol. The van der Waals surface area contributed by atoms with Crippen molar-refractivity contribution in [2.75, 3.05) is 50.2 Å². The van der Waals surface area contributed by atoms with E-state index in [0.29, 0.717) is 86.9 Å². The zero-order valence-corrected chi connectivity index (χ0v) is 30.8. The Labute approximate surface area is 320 Å². The van der Waals surface area contributed by atoms with Crippen LogP contribution in [0.4, 0.5) is 11.4 Å². The molecule has 55 heavy (non-hydrogen) atoms. The molecule has 0 spiro atoms. The molecule has 1 aliphatic rings. The molecule has 2 amide bonds. The standard InChI is InChI=1S/C42H46N8O5/c1-2-30-27-38(44-20-22-54-24-25-55-23-21-45-40(52)31-6-4-3-5-7-31)49-42(48-35-13-15-36(51)16-14-35)50-39(30)47-34-11-9-32(10-12-34)41(53)46-28-29-8-17-37-33(26-29)18-19-43-37/h3-19,26,30,43,51H,2,20-25,27-28H2,1H3,(H,45,52)(H,46,53)(H2,44,47,48,49,50). The van der Waals surface area contributed by atoms with E-state index in [1.165, 1.54) is 0 Å². The monoisotopic (exact) mass is 742 g/mol. The minimum atomic E-state index is -0.159. The Kier molecular flexibility index (Phi) is 13.7. The molecule has 0 aliphatic carbocycles. The Balaban J connectivity index is 1.01. The molecule has 6 rings (SSSR count). The third-order valence-electron chi connectivity index (χ3n) is 8.85. The molecule has 5 aromatic rings. The van der Waals surface area contributed by atoms with Crippen molar-refractivity contribution < 1.29 is 24.2 Å². The Morgan fingerprint density at radius 3 is 2.29 bits per heavy atom. The lowest BCUT2D eigenvalue weighted by atomic mass is 10.00. The number of aromatic amines is 1. The molecule has 13 heteroatoms. The van der Waals surface area contributed by atoms with E-state index in [2.05, 4.69) is 39.2 Å². The predicted molar refractivity (Wildman–Crippen MR) is 217 cm³/mol. The van der Waals surface area contributed by atoms with Crippen molar-refractivity contribution in [1.29, 1.82) is 0 Å². The van der Waals surface area contributed by atoms with Crippen LogP contribution in [0.3, 0.4) is 0 Å². The van der Waals surface area contributed by atoms with Gasteiger partial charge in [0.1, 0.15) is 17.4 Å². The molecule has 0 bridgehead atoms. The van der Waals surface area contributed by atoms with Gasteiger partial charge in [-0.2, -0.15) is 9.98 Å². The van der Waals surface area contributed by atoms with Crippen molar-refractivity contribution in [3.63, 3.8) is 0 Å². The van der Waals surface area contributed by atoms with Crippen LogP contribution in [0, 0.1) is 5.92 Å². The van der Waals surface area contributed by atoms with Gasteiger partial charge in [-0.3, -0.25) is 14.6 Å². The number of guanidine groups is 1. The number of amides is 2. The number of benzene rings is 4. The van der Waals surface area contributed by atoms with E-state index >= 15 is 0 Å². The molecule has 1 atom stereocenters. The lowest BCUT2D eigenvalue weighted by Crippen LogP contribution is -2.27. The Hall–Kier alpha value is -6.31. The number of aliphatic imine (C=N–C) groups is 3. The number of carbonyl (C=O) groups excluding carboxylic acids is 2. The third kappa shape index (κ3) is 11.6.